The molecule has 134 valence electrons. The molecule has 1 saturated carbocycles. The number of likely N-dealkylation sites (tertiary alicyclic amines) is 1. The summed E-state index contributed by atoms with van der Waals surface area (Å²) in [6, 6.07) is 0.323. The first-order valence-electron chi connectivity index (χ1n) is 8.61. The fourth-order valence-electron chi connectivity index (χ4n) is 3.58. The first-order chi connectivity index (χ1) is 10.8. The van der Waals surface area contributed by atoms with Crippen molar-refractivity contribution in [3.63, 3.8) is 0 Å². The lowest BCUT2D eigenvalue weighted by atomic mass is 9.87. The average molecular weight is 346 g/mol. The van der Waals surface area contributed by atoms with Gasteiger partial charge in [0.05, 0.1) is 6.54 Å². The Morgan fingerprint density at radius 1 is 1.22 bits per heavy atom. The van der Waals surface area contributed by atoms with Crippen LogP contribution in [0, 0.1) is 11.8 Å². The highest BCUT2D eigenvalue weighted by Gasteiger charge is 2.24. The Labute approximate surface area is 139 Å². The average Bonchev–Trinajstić information content (AvgIpc) is 2.47. The van der Waals surface area contributed by atoms with Gasteiger partial charge in [-0.3, -0.25) is 9.69 Å². The van der Waals surface area contributed by atoms with Gasteiger partial charge in [0.1, 0.15) is 0 Å². The molecule has 0 aromatic carbocycles. The number of carbonyl (C=O) groups excluding carboxylic acids is 1. The molecule has 1 aliphatic carbocycles. The maximum absolute atomic E-state index is 12.2. The van der Waals surface area contributed by atoms with Gasteiger partial charge in [-0.05, 0) is 56.9 Å². The third kappa shape index (κ3) is 7.15. The van der Waals surface area contributed by atoms with Gasteiger partial charge in [0.2, 0.25) is 5.91 Å². The summed E-state index contributed by atoms with van der Waals surface area (Å²) in [5, 5.41) is 8.11. The van der Waals surface area contributed by atoms with E-state index in [-0.39, 0.29) is 11.8 Å². The fraction of sp³-hybridized carbons (Fsp3) is 0.933. The molecule has 7 nitrogen and oxygen atoms in total. The molecule has 2 fully saturated rings. The van der Waals surface area contributed by atoms with Crippen LogP contribution in [0.1, 0.15) is 45.4 Å². The lowest BCUT2D eigenvalue weighted by molar-refractivity contribution is -0.123. The van der Waals surface area contributed by atoms with Crippen LogP contribution in [0.25, 0.3) is 0 Å². The van der Waals surface area contributed by atoms with Crippen molar-refractivity contribution in [3.8, 4) is 0 Å². The van der Waals surface area contributed by atoms with Crippen molar-refractivity contribution in [2.24, 2.45) is 17.0 Å². The molecular weight excluding hydrogens is 316 g/mol. The molecule has 8 heteroatoms. The molecule has 2 aliphatic rings. The van der Waals surface area contributed by atoms with Gasteiger partial charge in [-0.2, -0.15) is 8.42 Å². The predicted molar refractivity (Wildman–Crippen MR) is 89.8 cm³/mol. The van der Waals surface area contributed by atoms with E-state index in [1.54, 1.807) is 0 Å². The molecule has 0 aromatic heterocycles. The van der Waals surface area contributed by atoms with Gasteiger partial charge in [-0.25, -0.2) is 9.86 Å². The summed E-state index contributed by atoms with van der Waals surface area (Å²) in [5.41, 5.74) is 0. The third-order valence-electron chi connectivity index (χ3n) is 4.92. The zero-order valence-electron chi connectivity index (χ0n) is 14.0. The second kappa shape index (κ2) is 8.41. The number of piperidine rings is 1. The molecule has 1 saturated heterocycles. The minimum atomic E-state index is -3.64. The van der Waals surface area contributed by atoms with E-state index in [0.717, 1.165) is 44.7 Å². The van der Waals surface area contributed by atoms with Crippen LogP contribution < -0.4 is 15.2 Å². The van der Waals surface area contributed by atoms with E-state index in [4.69, 9.17) is 5.14 Å². The Morgan fingerprint density at radius 3 is 2.57 bits per heavy atom. The van der Waals surface area contributed by atoms with Crippen LogP contribution >= 0.6 is 0 Å². The van der Waals surface area contributed by atoms with E-state index in [1.165, 1.54) is 12.8 Å². The Bertz CT molecular complexity index is 489. The molecule has 23 heavy (non-hydrogen) atoms. The maximum atomic E-state index is 12.2. The summed E-state index contributed by atoms with van der Waals surface area (Å²) in [5.74, 6) is 1.08. The third-order valence-corrected chi connectivity index (χ3v) is 5.49. The number of carbonyl (C=O) groups is 1. The van der Waals surface area contributed by atoms with Crippen LogP contribution in [0.3, 0.4) is 0 Å². The van der Waals surface area contributed by atoms with Gasteiger partial charge >= 0.3 is 0 Å². The molecule has 1 heterocycles. The minimum absolute atomic E-state index is 0.0876. The van der Waals surface area contributed by atoms with E-state index in [9.17, 15) is 13.2 Å². The molecule has 1 amide bonds. The fourth-order valence-corrected chi connectivity index (χ4v) is 4.04. The summed E-state index contributed by atoms with van der Waals surface area (Å²) in [7, 11) is -3.64. The quantitative estimate of drug-likeness (QED) is 0.638. The molecule has 0 spiro atoms. The summed E-state index contributed by atoms with van der Waals surface area (Å²) < 4.78 is 24.3. The molecule has 1 unspecified atom stereocenters. The summed E-state index contributed by atoms with van der Waals surface area (Å²) in [4.78, 5) is 14.3. The number of nitrogens with two attached hydrogens (primary N) is 1. The van der Waals surface area contributed by atoms with Crippen molar-refractivity contribution in [3.05, 3.63) is 0 Å². The van der Waals surface area contributed by atoms with Crippen molar-refractivity contribution < 1.29 is 13.2 Å². The van der Waals surface area contributed by atoms with Gasteiger partial charge in [0, 0.05) is 19.1 Å². The molecule has 1 aliphatic heterocycles. The van der Waals surface area contributed by atoms with Crippen molar-refractivity contribution in [2.75, 3.05) is 26.2 Å². The van der Waals surface area contributed by atoms with Crippen LogP contribution in [0.5, 0.6) is 0 Å². The molecule has 0 bridgehead atoms. The first-order valence-corrected chi connectivity index (χ1v) is 10.2. The molecule has 0 aromatic rings. The largest absolute Gasteiger partial charge is 0.352 e. The maximum Gasteiger partial charge on any atom is 0.274 e. The minimum Gasteiger partial charge on any atom is -0.352 e. The Hall–Kier alpha value is -0.700. The highest BCUT2D eigenvalue weighted by molar-refractivity contribution is 7.87. The van der Waals surface area contributed by atoms with E-state index in [2.05, 4.69) is 21.9 Å². The Morgan fingerprint density at radius 2 is 1.91 bits per heavy atom. The number of hydrogen-bond acceptors (Lipinski definition) is 4. The van der Waals surface area contributed by atoms with Gasteiger partial charge in [0.15, 0.2) is 0 Å². The first kappa shape index (κ1) is 18.6. The highest BCUT2D eigenvalue weighted by atomic mass is 32.2. The number of hydrogen-bond donors (Lipinski definition) is 3. The molecule has 0 radical (unpaired) electrons. The van der Waals surface area contributed by atoms with E-state index < -0.39 is 10.2 Å². The van der Waals surface area contributed by atoms with Crippen LogP contribution in [0.4, 0.5) is 0 Å². The highest BCUT2D eigenvalue weighted by Crippen LogP contribution is 2.23. The van der Waals surface area contributed by atoms with Crippen LogP contribution in [0.15, 0.2) is 0 Å². The Balaban J connectivity index is 1.70. The molecule has 4 N–H and O–H groups in total. The Kier molecular flexibility index (Phi) is 6.82. The second-order valence-electron chi connectivity index (χ2n) is 7.16. The summed E-state index contributed by atoms with van der Waals surface area (Å²) >= 11 is 0. The molecular formula is C15H30N4O3S. The summed E-state index contributed by atoms with van der Waals surface area (Å²) in [6.07, 6.45) is 6.47. The lowest BCUT2D eigenvalue weighted by Gasteiger charge is -2.33. The zero-order valence-corrected chi connectivity index (χ0v) is 14.8. The zero-order chi connectivity index (χ0) is 16.9. The topological polar surface area (TPSA) is 105 Å². The monoisotopic (exact) mass is 346 g/mol. The van der Waals surface area contributed by atoms with Crippen LogP contribution in [-0.4, -0.2) is 51.4 Å². The van der Waals surface area contributed by atoms with Gasteiger partial charge in [-0.15, -0.1) is 0 Å². The van der Waals surface area contributed by atoms with E-state index in [0.29, 0.717) is 19.1 Å². The van der Waals surface area contributed by atoms with Gasteiger partial charge in [-0.1, -0.05) is 6.92 Å². The van der Waals surface area contributed by atoms with Crippen molar-refractivity contribution in [1.29, 1.82) is 0 Å². The predicted octanol–water partition coefficient (Wildman–Crippen LogP) is 0.186. The van der Waals surface area contributed by atoms with E-state index in [1.807, 2.05) is 0 Å². The lowest BCUT2D eigenvalue weighted by Crippen LogP contribution is -2.47. The van der Waals surface area contributed by atoms with Crippen molar-refractivity contribution in [1.82, 2.24) is 14.9 Å². The number of rotatable bonds is 6. The van der Waals surface area contributed by atoms with Crippen LogP contribution in [-0.2, 0) is 15.0 Å². The van der Waals surface area contributed by atoms with E-state index >= 15 is 0 Å². The second-order valence-corrected chi connectivity index (χ2v) is 8.54. The standard InChI is InChI=1S/C15H30N4O3S/c1-12-4-6-14(7-5-12)18-15(20)11-19-8-2-3-13(10-19)9-17-23(16,21)22/h12-14,17H,2-11H2,1H3,(H,18,20)(H2,16,21,22). The summed E-state index contributed by atoms with van der Waals surface area (Å²) in [6.45, 7) is 4.63. The normalized spacial score (nSPS) is 30.1. The van der Waals surface area contributed by atoms with Crippen LogP contribution in [0.2, 0.25) is 0 Å². The smallest absolute Gasteiger partial charge is 0.274 e. The number of nitrogens with zero attached hydrogens (tertiary/aromatic N) is 1. The van der Waals surface area contributed by atoms with Crippen molar-refractivity contribution in [2.45, 2.75) is 51.5 Å². The molecule has 1 atom stereocenters. The van der Waals surface area contributed by atoms with Gasteiger partial charge < -0.3 is 5.32 Å². The van der Waals surface area contributed by atoms with Crippen molar-refractivity contribution >= 4 is 16.1 Å². The number of nitrogens with one attached hydrogen (secondary N) is 2. The molecule has 2 rings (SSSR count). The SMILES string of the molecule is CC1CCC(NC(=O)CN2CCCC(CNS(N)(=O)=O)C2)CC1. The number of amides is 1. The van der Waals surface area contributed by atoms with Gasteiger partial charge in [0.25, 0.3) is 10.2 Å².